The molecule has 4 aromatic carbocycles. The Morgan fingerprint density at radius 2 is 1.03 bits per heavy atom. The van der Waals surface area contributed by atoms with Crippen LogP contribution in [0.4, 0.5) is 0 Å². The Morgan fingerprint density at radius 1 is 0.622 bits per heavy atom. The van der Waals surface area contributed by atoms with E-state index in [1.165, 1.54) is 5.56 Å². The molecule has 192 valence electrons. The molecule has 5 heteroatoms. The van der Waals surface area contributed by atoms with Crippen molar-refractivity contribution in [3.8, 4) is 0 Å². The van der Waals surface area contributed by atoms with E-state index in [-0.39, 0.29) is 6.54 Å². The normalized spacial score (nSPS) is 12.8. The molecule has 0 aliphatic rings. The lowest BCUT2D eigenvalue weighted by atomic mass is 9.66. The van der Waals surface area contributed by atoms with E-state index in [4.69, 9.17) is 9.47 Å². The van der Waals surface area contributed by atoms with Crippen molar-refractivity contribution in [3.05, 3.63) is 144 Å². The van der Waals surface area contributed by atoms with Gasteiger partial charge in [-0.2, -0.15) is 0 Å². The number of aliphatic hydroxyl groups excluding tert-OH is 1. The number of hydrogen-bond acceptors (Lipinski definition) is 5. The van der Waals surface area contributed by atoms with Crippen LogP contribution in [-0.2, 0) is 21.4 Å². The van der Waals surface area contributed by atoms with Gasteiger partial charge in [0, 0.05) is 33.9 Å². The maximum atomic E-state index is 10.9. The minimum atomic E-state index is -1.34. The lowest BCUT2D eigenvalue weighted by molar-refractivity contribution is -0.257. The van der Waals surface area contributed by atoms with Gasteiger partial charge in [-0.15, -0.1) is 0 Å². The Labute approximate surface area is 220 Å². The Morgan fingerprint density at radius 3 is 1.43 bits per heavy atom. The summed E-state index contributed by atoms with van der Waals surface area (Å²) < 4.78 is 12.6. The number of ether oxygens (including phenoxy) is 2. The molecule has 5 nitrogen and oxygen atoms in total. The molecule has 4 aromatic rings. The van der Waals surface area contributed by atoms with Gasteiger partial charge >= 0.3 is 0 Å². The summed E-state index contributed by atoms with van der Waals surface area (Å²) in [6.07, 6.45) is -0.673. The third kappa shape index (κ3) is 5.67. The van der Waals surface area contributed by atoms with Gasteiger partial charge in [0.05, 0.1) is 6.10 Å². The van der Waals surface area contributed by atoms with Crippen LogP contribution in [0.2, 0.25) is 0 Å². The van der Waals surface area contributed by atoms with E-state index in [1.54, 1.807) is 14.2 Å². The zero-order valence-corrected chi connectivity index (χ0v) is 21.5. The van der Waals surface area contributed by atoms with E-state index in [0.717, 1.165) is 16.7 Å². The molecule has 0 bridgehead atoms. The first-order chi connectivity index (χ1) is 18.2. The molecular formula is C32H36N2O3. The second kappa shape index (κ2) is 12.8. The van der Waals surface area contributed by atoms with Crippen LogP contribution in [0.15, 0.2) is 121 Å². The van der Waals surface area contributed by atoms with Crippen molar-refractivity contribution >= 4 is 0 Å². The summed E-state index contributed by atoms with van der Waals surface area (Å²) in [5.74, 6) is -1.34. The fourth-order valence-electron chi connectivity index (χ4n) is 5.10. The number of hydrogen-bond donors (Lipinski definition) is 3. The van der Waals surface area contributed by atoms with Gasteiger partial charge in [-0.05, 0) is 22.3 Å². The van der Waals surface area contributed by atoms with Gasteiger partial charge in [-0.3, -0.25) is 5.32 Å². The van der Waals surface area contributed by atoms with E-state index < -0.39 is 17.4 Å². The fourth-order valence-corrected chi connectivity index (χ4v) is 5.10. The largest absolute Gasteiger partial charge is 0.390 e. The van der Waals surface area contributed by atoms with Crippen molar-refractivity contribution < 1.29 is 14.6 Å². The van der Waals surface area contributed by atoms with Gasteiger partial charge in [0.1, 0.15) is 5.41 Å². The fraction of sp³-hybridized carbons (Fsp3) is 0.250. The summed E-state index contributed by atoms with van der Waals surface area (Å²) in [5, 5.41) is 17.7. The lowest BCUT2D eigenvalue weighted by Crippen LogP contribution is -2.65. The van der Waals surface area contributed by atoms with Crippen LogP contribution in [-0.4, -0.2) is 44.4 Å². The maximum absolute atomic E-state index is 10.9. The average molecular weight is 497 g/mol. The quantitative estimate of drug-likeness (QED) is 0.185. The van der Waals surface area contributed by atoms with Crippen molar-refractivity contribution in [2.45, 2.75) is 24.0 Å². The predicted molar refractivity (Wildman–Crippen MR) is 148 cm³/mol. The summed E-state index contributed by atoms with van der Waals surface area (Å²) in [7, 11) is 3.28. The molecule has 0 aliphatic heterocycles. The molecule has 0 saturated heterocycles. The number of aliphatic hydroxyl groups is 1. The average Bonchev–Trinajstić information content (AvgIpc) is 2.97. The van der Waals surface area contributed by atoms with Gasteiger partial charge in [0.25, 0.3) is 0 Å². The van der Waals surface area contributed by atoms with Crippen LogP contribution < -0.4 is 10.6 Å². The Balaban J connectivity index is 1.71. The van der Waals surface area contributed by atoms with E-state index in [0.29, 0.717) is 13.1 Å². The Hall–Kier alpha value is -3.32. The number of nitrogens with one attached hydrogen (secondary N) is 2. The molecule has 0 spiro atoms. The Kier molecular flexibility index (Phi) is 9.23. The van der Waals surface area contributed by atoms with Crippen LogP contribution >= 0.6 is 0 Å². The molecular weight excluding hydrogens is 460 g/mol. The van der Waals surface area contributed by atoms with Crippen LogP contribution in [0.3, 0.4) is 0 Å². The zero-order chi connectivity index (χ0) is 26.0. The molecule has 0 amide bonds. The number of benzene rings is 4. The predicted octanol–water partition coefficient (Wildman–Crippen LogP) is 4.71. The van der Waals surface area contributed by atoms with Gasteiger partial charge in [-0.1, -0.05) is 121 Å². The zero-order valence-electron chi connectivity index (χ0n) is 21.5. The number of rotatable bonds is 13. The molecule has 4 rings (SSSR count). The topological polar surface area (TPSA) is 62.8 Å². The first kappa shape index (κ1) is 26.7. The molecule has 0 heterocycles. The van der Waals surface area contributed by atoms with Crippen LogP contribution in [0, 0.1) is 0 Å². The molecule has 0 radical (unpaired) electrons. The van der Waals surface area contributed by atoms with Crippen molar-refractivity contribution in [2.75, 3.05) is 27.3 Å². The van der Waals surface area contributed by atoms with E-state index in [2.05, 4.69) is 59.2 Å². The first-order valence-electron chi connectivity index (χ1n) is 12.6. The van der Waals surface area contributed by atoms with Crippen molar-refractivity contribution in [1.29, 1.82) is 0 Å². The highest BCUT2D eigenvalue weighted by molar-refractivity contribution is 5.53. The highest BCUT2D eigenvalue weighted by Gasteiger charge is 2.56. The van der Waals surface area contributed by atoms with Crippen LogP contribution in [0.25, 0.3) is 0 Å². The minimum Gasteiger partial charge on any atom is -0.390 e. The Bertz CT molecular complexity index is 1090. The third-order valence-electron chi connectivity index (χ3n) is 6.81. The van der Waals surface area contributed by atoms with E-state index >= 15 is 0 Å². The second-order valence-electron chi connectivity index (χ2n) is 9.02. The maximum Gasteiger partial charge on any atom is 0.245 e. The SMILES string of the molecule is COC(NCC(O)CNCc1ccccc1)(OC)C(c1ccccc1)(c1ccccc1)c1ccccc1. The molecule has 0 aliphatic carbocycles. The second-order valence-corrected chi connectivity index (χ2v) is 9.02. The molecule has 1 unspecified atom stereocenters. The van der Waals surface area contributed by atoms with Crippen LogP contribution in [0.1, 0.15) is 22.3 Å². The summed E-state index contributed by atoms with van der Waals surface area (Å²) in [6.45, 7) is 1.34. The van der Waals surface area contributed by atoms with Crippen molar-refractivity contribution in [3.63, 3.8) is 0 Å². The van der Waals surface area contributed by atoms with Gasteiger partial charge in [-0.25, -0.2) is 0 Å². The monoisotopic (exact) mass is 496 g/mol. The summed E-state index contributed by atoms with van der Waals surface area (Å²) >= 11 is 0. The van der Waals surface area contributed by atoms with Gasteiger partial charge in [0.15, 0.2) is 0 Å². The summed E-state index contributed by atoms with van der Waals surface area (Å²) in [4.78, 5) is 0. The van der Waals surface area contributed by atoms with E-state index in [9.17, 15) is 5.11 Å². The molecule has 3 N–H and O–H groups in total. The molecule has 0 fully saturated rings. The van der Waals surface area contributed by atoms with Crippen LogP contribution in [0.5, 0.6) is 0 Å². The van der Waals surface area contributed by atoms with Crippen molar-refractivity contribution in [1.82, 2.24) is 10.6 Å². The van der Waals surface area contributed by atoms with Gasteiger partial charge < -0.3 is 19.9 Å². The molecule has 0 aromatic heterocycles. The third-order valence-corrected chi connectivity index (χ3v) is 6.81. The highest BCUT2D eigenvalue weighted by atomic mass is 16.7. The van der Waals surface area contributed by atoms with Gasteiger partial charge in [0.2, 0.25) is 5.91 Å². The number of methoxy groups -OCH3 is 2. The molecule has 1 atom stereocenters. The minimum absolute atomic E-state index is 0.248. The lowest BCUT2D eigenvalue weighted by Gasteiger charge is -2.50. The molecule has 37 heavy (non-hydrogen) atoms. The van der Waals surface area contributed by atoms with Crippen molar-refractivity contribution in [2.24, 2.45) is 0 Å². The first-order valence-corrected chi connectivity index (χ1v) is 12.6. The highest BCUT2D eigenvalue weighted by Crippen LogP contribution is 2.48. The standard InChI is InChI=1S/C32H36N2O3/c1-36-32(37-2,34-25-30(35)24-33-23-26-15-7-3-8-16-26)31(27-17-9-4-10-18-27,28-19-11-5-12-20-28)29-21-13-6-14-22-29/h3-22,30,33-35H,23-25H2,1-2H3. The summed E-state index contributed by atoms with van der Waals surface area (Å²) in [5.41, 5.74) is 3.28. The van der Waals surface area contributed by atoms with E-state index in [1.807, 2.05) is 72.8 Å². The smallest absolute Gasteiger partial charge is 0.245 e. The molecule has 0 saturated carbocycles. The summed E-state index contributed by atoms with van der Waals surface area (Å²) in [6, 6.07) is 40.8.